The predicted octanol–water partition coefficient (Wildman–Crippen LogP) is 1.29. The molecular formula is C17H15N3O4. The van der Waals surface area contributed by atoms with E-state index in [0.717, 1.165) is 17.1 Å². The lowest BCUT2D eigenvalue weighted by atomic mass is 10.1. The van der Waals surface area contributed by atoms with E-state index < -0.39 is 17.4 Å². The largest absolute Gasteiger partial charge is 0.384 e. The van der Waals surface area contributed by atoms with Gasteiger partial charge in [-0.3, -0.25) is 29.1 Å². The number of nitrogens with one attached hydrogen (secondary N) is 1. The summed E-state index contributed by atoms with van der Waals surface area (Å²) < 4.78 is 1.14. The van der Waals surface area contributed by atoms with Gasteiger partial charge in [0.25, 0.3) is 17.4 Å². The van der Waals surface area contributed by atoms with Crippen LogP contribution in [0.15, 0.2) is 35.1 Å². The van der Waals surface area contributed by atoms with Crippen LogP contribution in [0.2, 0.25) is 0 Å². The summed E-state index contributed by atoms with van der Waals surface area (Å²) in [4.78, 5) is 47.6. The van der Waals surface area contributed by atoms with Gasteiger partial charge in [-0.15, -0.1) is 0 Å². The van der Waals surface area contributed by atoms with Crippen molar-refractivity contribution in [2.75, 3.05) is 5.73 Å². The zero-order valence-corrected chi connectivity index (χ0v) is 13.0. The molecule has 0 atom stereocenters. The number of hydrogen-bond donors (Lipinski definition) is 2. The van der Waals surface area contributed by atoms with Crippen molar-refractivity contribution in [1.82, 2.24) is 9.88 Å². The van der Waals surface area contributed by atoms with Gasteiger partial charge in [0.1, 0.15) is 5.82 Å². The van der Waals surface area contributed by atoms with Gasteiger partial charge in [0, 0.05) is 18.1 Å². The number of ketones is 1. The predicted molar refractivity (Wildman–Crippen MR) is 87.5 cm³/mol. The van der Waals surface area contributed by atoms with Crippen LogP contribution in [0.25, 0.3) is 5.69 Å². The van der Waals surface area contributed by atoms with E-state index in [0.29, 0.717) is 17.7 Å². The number of anilines is 1. The lowest BCUT2D eigenvalue weighted by Gasteiger charge is -2.12. The number of Topliss-reactive ketones (excluding diaryl/α,β-unsaturated/α-hetero) is 1. The zero-order chi connectivity index (χ0) is 17.4. The molecule has 24 heavy (non-hydrogen) atoms. The van der Waals surface area contributed by atoms with Crippen LogP contribution in [-0.4, -0.2) is 22.2 Å². The molecule has 0 unspecified atom stereocenters. The molecule has 1 aromatic carbocycles. The molecule has 0 saturated heterocycles. The average molecular weight is 325 g/mol. The number of benzene rings is 1. The van der Waals surface area contributed by atoms with Crippen molar-refractivity contribution < 1.29 is 14.4 Å². The number of imide groups is 1. The van der Waals surface area contributed by atoms with E-state index in [1.807, 2.05) is 6.92 Å². The summed E-state index contributed by atoms with van der Waals surface area (Å²) in [5.74, 6) is -1.35. The quantitative estimate of drug-likeness (QED) is 0.650. The van der Waals surface area contributed by atoms with E-state index in [9.17, 15) is 19.2 Å². The molecule has 0 bridgehead atoms. The third kappa shape index (κ3) is 2.40. The second-order valence-corrected chi connectivity index (χ2v) is 5.50. The van der Waals surface area contributed by atoms with E-state index in [4.69, 9.17) is 5.73 Å². The molecule has 2 heterocycles. The summed E-state index contributed by atoms with van der Waals surface area (Å²) in [6, 6.07) is 7.47. The molecule has 3 rings (SSSR count). The van der Waals surface area contributed by atoms with Crippen LogP contribution in [0.4, 0.5) is 5.82 Å². The van der Waals surface area contributed by atoms with Crippen LogP contribution in [-0.2, 0) is 0 Å². The third-order valence-corrected chi connectivity index (χ3v) is 3.88. The summed E-state index contributed by atoms with van der Waals surface area (Å²) in [6.07, 6.45) is 1.20. The van der Waals surface area contributed by atoms with E-state index in [1.54, 1.807) is 24.3 Å². The van der Waals surface area contributed by atoms with Crippen LogP contribution in [0.5, 0.6) is 0 Å². The van der Waals surface area contributed by atoms with Crippen molar-refractivity contribution in [1.29, 1.82) is 0 Å². The number of pyridine rings is 1. The van der Waals surface area contributed by atoms with Crippen molar-refractivity contribution in [3.8, 4) is 5.69 Å². The molecular weight excluding hydrogens is 310 g/mol. The van der Waals surface area contributed by atoms with Gasteiger partial charge in [-0.1, -0.05) is 6.92 Å². The summed E-state index contributed by atoms with van der Waals surface area (Å²) in [7, 11) is 0. The Kier molecular flexibility index (Phi) is 3.76. The Morgan fingerprint density at radius 3 is 2.42 bits per heavy atom. The lowest BCUT2D eigenvalue weighted by molar-refractivity contribution is 0.0878. The van der Waals surface area contributed by atoms with Crippen molar-refractivity contribution >= 4 is 23.4 Å². The molecule has 0 radical (unpaired) electrons. The van der Waals surface area contributed by atoms with Crippen LogP contribution in [0.3, 0.4) is 0 Å². The van der Waals surface area contributed by atoms with E-state index in [2.05, 4.69) is 5.32 Å². The Morgan fingerprint density at radius 1 is 1.12 bits per heavy atom. The van der Waals surface area contributed by atoms with Crippen LogP contribution < -0.4 is 16.6 Å². The first kappa shape index (κ1) is 15.7. The summed E-state index contributed by atoms with van der Waals surface area (Å²) in [5.41, 5.74) is 6.36. The number of carbonyl (C=O) groups excluding carboxylic acids is 3. The highest BCUT2D eigenvalue weighted by Crippen LogP contribution is 2.23. The molecule has 1 aromatic heterocycles. The van der Waals surface area contributed by atoms with E-state index >= 15 is 0 Å². The topological polar surface area (TPSA) is 111 Å². The third-order valence-electron chi connectivity index (χ3n) is 3.88. The minimum Gasteiger partial charge on any atom is -0.384 e. The molecule has 0 spiro atoms. The molecule has 2 amide bonds. The maximum atomic E-state index is 12.3. The molecule has 2 aromatic rings. The first-order valence-corrected chi connectivity index (χ1v) is 7.49. The van der Waals surface area contributed by atoms with Crippen LogP contribution in [0, 0.1) is 0 Å². The zero-order valence-electron chi connectivity index (χ0n) is 13.0. The van der Waals surface area contributed by atoms with Gasteiger partial charge < -0.3 is 5.73 Å². The second kappa shape index (κ2) is 5.77. The van der Waals surface area contributed by atoms with E-state index in [-0.39, 0.29) is 22.7 Å². The van der Waals surface area contributed by atoms with Crippen molar-refractivity contribution in [3.05, 3.63) is 57.4 Å². The fourth-order valence-electron chi connectivity index (χ4n) is 2.71. The molecule has 3 N–H and O–H groups in total. The maximum absolute atomic E-state index is 12.3. The number of rotatable bonds is 4. The number of aromatic nitrogens is 1. The monoisotopic (exact) mass is 325 g/mol. The Balaban J connectivity index is 2.10. The normalized spacial score (nSPS) is 12.9. The molecule has 7 heteroatoms. The second-order valence-electron chi connectivity index (χ2n) is 5.50. The fourth-order valence-corrected chi connectivity index (χ4v) is 2.71. The number of hydrogen-bond acceptors (Lipinski definition) is 5. The first-order valence-electron chi connectivity index (χ1n) is 7.49. The first-order chi connectivity index (χ1) is 11.4. The van der Waals surface area contributed by atoms with Crippen molar-refractivity contribution in [2.24, 2.45) is 0 Å². The number of amides is 2. The highest BCUT2D eigenvalue weighted by molar-refractivity contribution is 6.23. The smallest absolute Gasteiger partial charge is 0.262 e. The fraction of sp³-hybridized carbons (Fsp3) is 0.176. The molecule has 0 fully saturated rings. The van der Waals surface area contributed by atoms with Crippen LogP contribution >= 0.6 is 0 Å². The molecule has 0 aliphatic carbocycles. The number of fused-ring (bicyclic) bond motifs is 1. The Hall–Kier alpha value is -3.22. The standard InChI is InChI=1S/C17H15N3O4/c1-2-3-12(21)9-4-6-10(7-5-9)20-13(22)8-11-14(15(20)18)17(24)19-16(11)23/h4-8H,2-3,18H2,1H3,(H,19,23,24). The molecule has 1 aliphatic rings. The maximum Gasteiger partial charge on any atom is 0.262 e. The van der Waals surface area contributed by atoms with Crippen molar-refractivity contribution in [2.45, 2.75) is 19.8 Å². The Labute approximate surface area is 137 Å². The highest BCUT2D eigenvalue weighted by Gasteiger charge is 2.31. The minimum atomic E-state index is -0.633. The number of nitrogens with zero attached hydrogens (tertiary/aromatic N) is 1. The summed E-state index contributed by atoms with van der Waals surface area (Å²) >= 11 is 0. The van der Waals surface area contributed by atoms with E-state index in [1.165, 1.54) is 0 Å². The molecule has 7 nitrogen and oxygen atoms in total. The van der Waals surface area contributed by atoms with Gasteiger partial charge in [0.05, 0.1) is 16.8 Å². The number of carbonyl (C=O) groups is 3. The summed E-state index contributed by atoms with van der Waals surface area (Å²) in [5, 5.41) is 2.11. The van der Waals surface area contributed by atoms with Gasteiger partial charge in [0.15, 0.2) is 5.78 Å². The van der Waals surface area contributed by atoms with Gasteiger partial charge in [0.2, 0.25) is 0 Å². The van der Waals surface area contributed by atoms with Crippen LogP contribution in [0.1, 0.15) is 50.8 Å². The Morgan fingerprint density at radius 2 is 1.79 bits per heavy atom. The van der Waals surface area contributed by atoms with Gasteiger partial charge in [-0.2, -0.15) is 0 Å². The van der Waals surface area contributed by atoms with Gasteiger partial charge in [-0.05, 0) is 30.7 Å². The van der Waals surface area contributed by atoms with Gasteiger partial charge in [-0.25, -0.2) is 0 Å². The molecule has 122 valence electrons. The van der Waals surface area contributed by atoms with Crippen molar-refractivity contribution in [3.63, 3.8) is 0 Å². The lowest BCUT2D eigenvalue weighted by Crippen LogP contribution is -2.24. The molecule has 1 aliphatic heterocycles. The average Bonchev–Trinajstić information content (AvgIpc) is 2.82. The number of nitrogen functional groups attached to an aromatic ring is 1. The van der Waals surface area contributed by atoms with Gasteiger partial charge >= 0.3 is 0 Å². The summed E-state index contributed by atoms with van der Waals surface area (Å²) in [6.45, 7) is 1.92. The molecule has 0 saturated carbocycles. The SMILES string of the molecule is CCCC(=O)c1ccc(-n2c(N)c3c(cc2=O)C(=O)NC3=O)cc1. The minimum absolute atomic E-state index is 0.00858. The highest BCUT2D eigenvalue weighted by atomic mass is 16.2. The Bertz CT molecular complexity index is 926. The number of nitrogens with two attached hydrogens (primary N) is 1.